The highest BCUT2D eigenvalue weighted by Crippen LogP contribution is 2.15. The normalized spacial score (nSPS) is 13.5. The van der Waals surface area contributed by atoms with Crippen molar-refractivity contribution in [2.75, 3.05) is 6.54 Å². The Hall–Kier alpha value is -3.45. The Morgan fingerprint density at radius 3 is 1.56 bits per heavy atom. The van der Waals surface area contributed by atoms with Gasteiger partial charge in [0.25, 0.3) is 0 Å². The highest BCUT2D eigenvalue weighted by atomic mass is 16.5. The van der Waals surface area contributed by atoms with E-state index in [4.69, 9.17) is 10.5 Å². The van der Waals surface area contributed by atoms with Crippen molar-refractivity contribution < 1.29 is 24.2 Å². The fourth-order valence-electron chi connectivity index (χ4n) is 5.79. The largest absolute Gasteiger partial charge is 0.480 e. The molecule has 0 bridgehead atoms. The van der Waals surface area contributed by atoms with E-state index in [1.165, 1.54) is 25.7 Å². The minimum atomic E-state index is -1.02. The van der Waals surface area contributed by atoms with Crippen molar-refractivity contribution in [1.82, 2.24) is 5.32 Å². The molecule has 0 saturated heterocycles. The lowest BCUT2D eigenvalue weighted by Gasteiger charge is -2.15. The van der Waals surface area contributed by atoms with E-state index in [0.29, 0.717) is 32.2 Å². The summed E-state index contributed by atoms with van der Waals surface area (Å²) in [6.45, 7) is 4.70. The van der Waals surface area contributed by atoms with Crippen molar-refractivity contribution in [2.45, 2.75) is 187 Å². The number of rotatable bonds is 37. The predicted molar refractivity (Wildman–Crippen MR) is 229 cm³/mol. The van der Waals surface area contributed by atoms with Gasteiger partial charge in [-0.25, -0.2) is 4.79 Å². The monoisotopic (exact) mass is 751 g/mol. The Morgan fingerprint density at radius 2 is 1.02 bits per heavy atom. The van der Waals surface area contributed by atoms with Crippen LogP contribution in [-0.2, 0) is 19.1 Å². The van der Waals surface area contributed by atoms with Gasteiger partial charge in [-0.2, -0.15) is 0 Å². The van der Waals surface area contributed by atoms with Gasteiger partial charge in [-0.15, -0.1) is 0 Å². The number of hydrogen-bond acceptors (Lipinski definition) is 5. The summed E-state index contributed by atoms with van der Waals surface area (Å²) in [4.78, 5) is 36.3. The summed E-state index contributed by atoms with van der Waals surface area (Å²) in [7, 11) is 0. The van der Waals surface area contributed by atoms with Crippen LogP contribution in [0, 0.1) is 0 Å². The van der Waals surface area contributed by atoms with E-state index in [1.807, 2.05) is 6.08 Å². The van der Waals surface area contributed by atoms with Crippen LogP contribution in [0.3, 0.4) is 0 Å². The number of aliphatic carboxylic acids is 1. The van der Waals surface area contributed by atoms with Gasteiger partial charge in [0.15, 0.2) is 0 Å². The molecule has 4 N–H and O–H groups in total. The topological polar surface area (TPSA) is 119 Å². The van der Waals surface area contributed by atoms with E-state index >= 15 is 0 Å². The van der Waals surface area contributed by atoms with Gasteiger partial charge < -0.3 is 20.9 Å². The minimum absolute atomic E-state index is 0.112. The number of allylic oxidation sites excluding steroid dienone is 13. The van der Waals surface area contributed by atoms with E-state index in [2.05, 4.69) is 98.2 Å². The first-order valence-corrected chi connectivity index (χ1v) is 21.4. The smallest absolute Gasteiger partial charge is 0.326 e. The number of carboxylic acids is 1. The zero-order valence-corrected chi connectivity index (χ0v) is 34.3. The van der Waals surface area contributed by atoms with Crippen LogP contribution in [0.4, 0.5) is 0 Å². The van der Waals surface area contributed by atoms with Gasteiger partial charge in [0, 0.05) is 12.8 Å². The van der Waals surface area contributed by atoms with Gasteiger partial charge in [-0.05, 0) is 109 Å². The molecule has 0 aliphatic carbocycles. The lowest BCUT2D eigenvalue weighted by Crippen LogP contribution is -2.40. The molecule has 0 rings (SSSR count). The van der Waals surface area contributed by atoms with Crippen LogP contribution in [0.5, 0.6) is 0 Å². The van der Waals surface area contributed by atoms with E-state index < -0.39 is 12.0 Å². The third-order valence-electron chi connectivity index (χ3n) is 8.94. The molecule has 0 radical (unpaired) electrons. The molecule has 7 heteroatoms. The Kier molecular flexibility index (Phi) is 38.1. The Labute approximate surface area is 330 Å². The van der Waals surface area contributed by atoms with Crippen LogP contribution in [0.2, 0.25) is 0 Å². The van der Waals surface area contributed by atoms with Crippen LogP contribution < -0.4 is 11.1 Å². The number of hydrogen-bond donors (Lipinski definition) is 3. The van der Waals surface area contributed by atoms with Gasteiger partial charge >= 0.3 is 11.9 Å². The molecule has 0 aromatic heterocycles. The lowest BCUT2D eigenvalue weighted by molar-refractivity contribution is -0.147. The van der Waals surface area contributed by atoms with Crippen molar-refractivity contribution >= 4 is 17.8 Å². The summed E-state index contributed by atoms with van der Waals surface area (Å²) < 4.78 is 5.92. The molecule has 0 aromatic carbocycles. The summed E-state index contributed by atoms with van der Waals surface area (Å²) >= 11 is 0. The van der Waals surface area contributed by atoms with Crippen LogP contribution in [0.15, 0.2) is 85.1 Å². The fraction of sp³-hybridized carbons (Fsp3) is 0.638. The number of esters is 1. The molecule has 0 spiro atoms. The molecule has 0 heterocycles. The quantitative estimate of drug-likeness (QED) is 0.0330. The summed E-state index contributed by atoms with van der Waals surface area (Å²) in [6.07, 6.45) is 53.6. The molecule has 0 aromatic rings. The van der Waals surface area contributed by atoms with E-state index in [-0.39, 0.29) is 18.0 Å². The average Bonchev–Trinajstić information content (AvgIpc) is 3.16. The van der Waals surface area contributed by atoms with Crippen molar-refractivity contribution in [3.05, 3.63) is 85.1 Å². The predicted octanol–water partition coefficient (Wildman–Crippen LogP) is 12.1. The summed E-state index contributed by atoms with van der Waals surface area (Å²) in [5, 5.41) is 11.9. The van der Waals surface area contributed by atoms with Crippen LogP contribution in [0.1, 0.15) is 174 Å². The summed E-state index contributed by atoms with van der Waals surface area (Å²) in [5.74, 6) is -1.35. The SMILES string of the molecule is CC/C=C\C/C=C\C/C=C\C/C=C\C(CCCCCCCC(=O)NC(CCCN)C(=O)O)OC(=O)CCCCCCCCC/C=C\C/C=C\C/C=C\CC. The van der Waals surface area contributed by atoms with Gasteiger partial charge in [-0.1, -0.05) is 144 Å². The van der Waals surface area contributed by atoms with E-state index in [1.54, 1.807) is 0 Å². The summed E-state index contributed by atoms with van der Waals surface area (Å²) in [6, 6.07) is -0.872. The number of nitrogens with one attached hydrogen (secondary N) is 1. The minimum Gasteiger partial charge on any atom is -0.480 e. The lowest BCUT2D eigenvalue weighted by atomic mass is 10.1. The molecule has 2 unspecified atom stereocenters. The average molecular weight is 751 g/mol. The molecule has 306 valence electrons. The highest BCUT2D eigenvalue weighted by molar-refractivity contribution is 5.83. The number of carbonyl (C=O) groups excluding carboxylic acids is 2. The van der Waals surface area contributed by atoms with Crippen LogP contribution in [0.25, 0.3) is 0 Å². The highest BCUT2D eigenvalue weighted by Gasteiger charge is 2.18. The number of ether oxygens (including phenoxy) is 1. The number of nitrogens with two attached hydrogens (primary N) is 1. The van der Waals surface area contributed by atoms with Crippen molar-refractivity contribution in [1.29, 1.82) is 0 Å². The Morgan fingerprint density at radius 1 is 0.556 bits per heavy atom. The third-order valence-corrected chi connectivity index (χ3v) is 8.94. The first-order chi connectivity index (χ1) is 26.4. The molecular formula is C47H78N2O5. The zero-order valence-electron chi connectivity index (χ0n) is 34.3. The van der Waals surface area contributed by atoms with Gasteiger partial charge in [-0.3, -0.25) is 9.59 Å². The first-order valence-electron chi connectivity index (χ1n) is 21.4. The molecule has 2 atom stereocenters. The maximum absolute atomic E-state index is 12.8. The van der Waals surface area contributed by atoms with Crippen LogP contribution >= 0.6 is 0 Å². The van der Waals surface area contributed by atoms with Crippen molar-refractivity contribution in [3.63, 3.8) is 0 Å². The molecule has 0 fully saturated rings. The maximum atomic E-state index is 12.8. The summed E-state index contributed by atoms with van der Waals surface area (Å²) in [5.41, 5.74) is 5.48. The molecule has 1 amide bonds. The Balaban J connectivity index is 4.44. The van der Waals surface area contributed by atoms with Crippen LogP contribution in [-0.4, -0.2) is 41.6 Å². The number of carbonyl (C=O) groups is 3. The van der Waals surface area contributed by atoms with E-state index in [9.17, 15) is 19.5 Å². The molecule has 0 saturated carbocycles. The Bertz CT molecular complexity index is 1120. The number of carboxylic acid groups (broad SMARTS) is 1. The van der Waals surface area contributed by atoms with Crippen molar-refractivity contribution in [3.8, 4) is 0 Å². The number of unbranched alkanes of at least 4 members (excludes halogenated alkanes) is 11. The van der Waals surface area contributed by atoms with E-state index in [0.717, 1.165) is 109 Å². The van der Waals surface area contributed by atoms with Gasteiger partial charge in [0.1, 0.15) is 12.1 Å². The maximum Gasteiger partial charge on any atom is 0.326 e. The third kappa shape index (κ3) is 36.9. The fourth-order valence-corrected chi connectivity index (χ4v) is 5.79. The second-order valence-electron chi connectivity index (χ2n) is 14.0. The van der Waals surface area contributed by atoms with Gasteiger partial charge in [0.05, 0.1) is 0 Å². The molecule has 0 aliphatic rings. The molecular weight excluding hydrogens is 673 g/mol. The molecule has 0 aliphatic heterocycles. The second-order valence-corrected chi connectivity index (χ2v) is 14.0. The molecule has 54 heavy (non-hydrogen) atoms. The second kappa shape index (κ2) is 40.7. The van der Waals surface area contributed by atoms with Crippen molar-refractivity contribution in [2.24, 2.45) is 5.73 Å². The standard InChI is InChI=1S/C47H78N2O5/c1-3-5-7-9-11-13-15-16-17-18-19-20-22-24-26-31-35-41-46(51)54-43(37-32-28-25-23-21-14-12-10-8-6-4-2)38-33-29-27-30-34-40-45(50)49-44(47(52)53)39-36-42-48/h5-8,11-14,16-17,23,25,32,37,43-44H,3-4,9-10,15,18-22,24,26-31,33-36,38-42,48H2,1-2H3,(H,49,50)(H,52,53)/b7-5-,8-6-,13-11-,14-12-,17-16-,25-23-,37-32-. The molecule has 7 nitrogen and oxygen atoms in total. The zero-order chi connectivity index (χ0) is 39.6. The number of amides is 1. The first kappa shape index (κ1) is 50.5. The van der Waals surface area contributed by atoms with Gasteiger partial charge in [0.2, 0.25) is 5.91 Å².